The van der Waals surface area contributed by atoms with Crippen LogP contribution in [0.3, 0.4) is 0 Å². The molecule has 1 atom stereocenters. The molecular weight excluding hydrogens is 480 g/mol. The maximum absolute atomic E-state index is 13.3. The molecule has 1 amide bonds. The minimum absolute atomic E-state index is 0.0727. The molecule has 0 spiro atoms. The van der Waals surface area contributed by atoms with E-state index in [9.17, 15) is 19.5 Å². The Bertz CT molecular complexity index is 1340. The van der Waals surface area contributed by atoms with Gasteiger partial charge in [-0.05, 0) is 43.7 Å². The largest absolute Gasteiger partial charge is 0.507 e. The van der Waals surface area contributed by atoms with E-state index in [0.717, 1.165) is 11.3 Å². The number of aryl methyl sites for hydroxylation is 1. The highest BCUT2D eigenvalue weighted by atomic mass is 32.1. The molecule has 2 heterocycles. The Kier molecular flexibility index (Phi) is 7.30. The number of aromatic nitrogens is 1. The molecule has 0 radical (unpaired) electrons. The monoisotopic (exact) mass is 504 g/mol. The van der Waals surface area contributed by atoms with Crippen molar-refractivity contribution in [1.82, 2.24) is 4.98 Å². The summed E-state index contributed by atoms with van der Waals surface area (Å²) in [6.07, 6.45) is 1.61. The molecule has 36 heavy (non-hydrogen) atoms. The maximum Gasteiger partial charge on any atom is 0.350 e. The van der Waals surface area contributed by atoms with Gasteiger partial charge in [-0.3, -0.25) is 14.5 Å². The Morgan fingerprint density at radius 2 is 1.86 bits per heavy atom. The van der Waals surface area contributed by atoms with E-state index in [0.29, 0.717) is 29.2 Å². The van der Waals surface area contributed by atoms with E-state index >= 15 is 0 Å². The number of nitrogens with zero attached hydrogens (tertiary/aromatic N) is 2. The zero-order valence-corrected chi connectivity index (χ0v) is 20.6. The quantitative estimate of drug-likeness (QED) is 0.154. The fourth-order valence-electron chi connectivity index (χ4n) is 3.87. The van der Waals surface area contributed by atoms with Gasteiger partial charge in [-0.15, -0.1) is 0 Å². The molecule has 1 aliphatic rings. The first-order valence-corrected chi connectivity index (χ1v) is 12.0. The van der Waals surface area contributed by atoms with Gasteiger partial charge in [0.05, 0.1) is 23.9 Å². The molecule has 0 saturated carbocycles. The number of aliphatic hydroxyl groups excluding tert-OH is 1. The predicted molar refractivity (Wildman–Crippen MR) is 136 cm³/mol. The summed E-state index contributed by atoms with van der Waals surface area (Å²) in [5, 5.41) is 11.4. The van der Waals surface area contributed by atoms with Crippen LogP contribution in [0.15, 0.2) is 72.8 Å². The number of hydrogen-bond acceptors (Lipinski definition) is 8. The molecule has 1 unspecified atom stereocenters. The zero-order chi connectivity index (χ0) is 25.8. The summed E-state index contributed by atoms with van der Waals surface area (Å²) in [6.45, 7) is 7.46. The Morgan fingerprint density at radius 3 is 2.50 bits per heavy atom. The number of thiazole rings is 1. The van der Waals surface area contributed by atoms with Crippen LogP contribution in [0.4, 0.5) is 5.13 Å². The molecule has 2 aromatic carbocycles. The van der Waals surface area contributed by atoms with Gasteiger partial charge < -0.3 is 14.6 Å². The van der Waals surface area contributed by atoms with Gasteiger partial charge in [0.1, 0.15) is 23.0 Å². The number of anilines is 1. The first-order valence-electron chi connectivity index (χ1n) is 11.2. The average Bonchev–Trinajstić information content (AvgIpc) is 3.40. The minimum atomic E-state index is -0.941. The third-order valence-electron chi connectivity index (χ3n) is 5.51. The second-order valence-electron chi connectivity index (χ2n) is 7.84. The van der Waals surface area contributed by atoms with Gasteiger partial charge in [0.15, 0.2) is 5.13 Å². The highest BCUT2D eigenvalue weighted by Gasteiger charge is 2.48. The highest BCUT2D eigenvalue weighted by molar-refractivity contribution is 7.17. The highest BCUT2D eigenvalue weighted by Crippen LogP contribution is 2.44. The number of carbonyl (C=O) groups is 3. The lowest BCUT2D eigenvalue weighted by molar-refractivity contribution is -0.132. The van der Waals surface area contributed by atoms with Crippen molar-refractivity contribution in [3.05, 3.63) is 94.5 Å². The Morgan fingerprint density at radius 1 is 1.17 bits per heavy atom. The molecule has 1 saturated heterocycles. The minimum Gasteiger partial charge on any atom is -0.507 e. The molecule has 1 N–H and O–H groups in total. The normalized spacial score (nSPS) is 16.7. The number of carbonyl (C=O) groups excluding carboxylic acids is 3. The number of ether oxygens (including phenoxy) is 2. The second kappa shape index (κ2) is 10.6. The first-order chi connectivity index (χ1) is 17.4. The fourth-order valence-corrected chi connectivity index (χ4v) is 4.86. The smallest absolute Gasteiger partial charge is 0.350 e. The Labute approximate surface area is 212 Å². The van der Waals surface area contributed by atoms with E-state index in [1.54, 1.807) is 68.5 Å². The zero-order valence-electron chi connectivity index (χ0n) is 19.8. The van der Waals surface area contributed by atoms with Crippen molar-refractivity contribution in [2.45, 2.75) is 19.9 Å². The number of rotatable bonds is 8. The lowest BCUT2D eigenvalue weighted by Gasteiger charge is -2.23. The summed E-state index contributed by atoms with van der Waals surface area (Å²) in [5.41, 5.74) is 1.27. The number of aliphatic hydroxyl groups is 1. The van der Waals surface area contributed by atoms with Crippen molar-refractivity contribution < 1.29 is 29.0 Å². The van der Waals surface area contributed by atoms with E-state index in [4.69, 9.17) is 9.47 Å². The van der Waals surface area contributed by atoms with Crippen molar-refractivity contribution in [2.75, 3.05) is 18.1 Å². The molecular formula is C27H24N2O6S. The SMILES string of the molecule is C=CCOc1ccc(/C(O)=C2\C(=O)C(=O)N(c3nc(C)c(C(=O)OCC)s3)C2c2ccccc2)cc1. The van der Waals surface area contributed by atoms with Crippen LogP contribution < -0.4 is 9.64 Å². The van der Waals surface area contributed by atoms with Crippen molar-refractivity contribution in [3.63, 3.8) is 0 Å². The van der Waals surface area contributed by atoms with Crippen molar-refractivity contribution >= 4 is 39.9 Å². The van der Waals surface area contributed by atoms with Gasteiger partial charge in [-0.2, -0.15) is 0 Å². The summed E-state index contributed by atoms with van der Waals surface area (Å²) in [7, 11) is 0. The van der Waals surface area contributed by atoms with Crippen LogP contribution in [-0.2, 0) is 14.3 Å². The molecule has 1 fully saturated rings. The Balaban J connectivity index is 1.83. The second-order valence-corrected chi connectivity index (χ2v) is 8.81. The van der Waals surface area contributed by atoms with Gasteiger partial charge in [0.25, 0.3) is 5.78 Å². The third-order valence-corrected chi connectivity index (χ3v) is 6.64. The summed E-state index contributed by atoms with van der Waals surface area (Å²) in [6, 6.07) is 14.5. The number of Topliss-reactive ketones (excluding diaryl/α,β-unsaturated/α-hetero) is 1. The van der Waals surface area contributed by atoms with E-state index < -0.39 is 23.7 Å². The molecule has 184 valence electrons. The summed E-state index contributed by atoms with van der Waals surface area (Å²) in [5.74, 6) is -2.00. The molecule has 3 aromatic rings. The van der Waals surface area contributed by atoms with Gasteiger partial charge in [-0.1, -0.05) is 54.3 Å². The van der Waals surface area contributed by atoms with E-state index in [-0.39, 0.29) is 27.9 Å². The van der Waals surface area contributed by atoms with Crippen LogP contribution in [-0.4, -0.2) is 41.0 Å². The van der Waals surface area contributed by atoms with Crippen molar-refractivity contribution in [1.29, 1.82) is 0 Å². The van der Waals surface area contributed by atoms with Gasteiger partial charge in [0.2, 0.25) is 0 Å². The maximum atomic E-state index is 13.3. The van der Waals surface area contributed by atoms with Crippen LogP contribution in [0.1, 0.15) is 39.5 Å². The van der Waals surface area contributed by atoms with E-state index in [1.165, 1.54) is 4.90 Å². The Hall–Kier alpha value is -4.24. The molecule has 1 aromatic heterocycles. The van der Waals surface area contributed by atoms with Crippen LogP contribution >= 0.6 is 11.3 Å². The van der Waals surface area contributed by atoms with Crippen LogP contribution in [0, 0.1) is 6.92 Å². The van der Waals surface area contributed by atoms with E-state index in [2.05, 4.69) is 11.6 Å². The van der Waals surface area contributed by atoms with Crippen molar-refractivity contribution in [2.24, 2.45) is 0 Å². The van der Waals surface area contributed by atoms with Crippen LogP contribution in [0.5, 0.6) is 5.75 Å². The van der Waals surface area contributed by atoms with Gasteiger partial charge >= 0.3 is 11.9 Å². The number of amides is 1. The molecule has 9 heteroatoms. The predicted octanol–water partition coefficient (Wildman–Crippen LogP) is 4.82. The fraction of sp³-hybridized carbons (Fsp3) is 0.185. The summed E-state index contributed by atoms with van der Waals surface area (Å²) in [4.78, 5) is 44.8. The molecule has 8 nitrogen and oxygen atoms in total. The number of ketones is 1. The standard InChI is InChI=1S/C27H24N2O6S/c1-4-15-35-19-13-11-18(12-14-19)22(30)20-21(17-9-7-6-8-10-17)29(25(32)23(20)31)27-28-16(3)24(36-27)26(33)34-5-2/h4,6-14,21,30H,1,5,15H2,2-3H3/b22-20+. The third kappa shape index (κ3) is 4.65. The molecule has 1 aliphatic heterocycles. The lowest BCUT2D eigenvalue weighted by atomic mass is 9.95. The summed E-state index contributed by atoms with van der Waals surface area (Å²) >= 11 is 0.967. The molecule has 0 bridgehead atoms. The van der Waals surface area contributed by atoms with Gasteiger partial charge in [0, 0.05) is 5.56 Å². The van der Waals surface area contributed by atoms with E-state index in [1.807, 2.05) is 6.07 Å². The van der Waals surface area contributed by atoms with Gasteiger partial charge in [-0.25, -0.2) is 9.78 Å². The van der Waals surface area contributed by atoms with Crippen LogP contribution in [0.25, 0.3) is 5.76 Å². The van der Waals surface area contributed by atoms with Crippen LogP contribution in [0.2, 0.25) is 0 Å². The van der Waals surface area contributed by atoms with Crippen molar-refractivity contribution in [3.8, 4) is 5.75 Å². The number of hydrogen-bond donors (Lipinski definition) is 1. The first kappa shape index (κ1) is 24.9. The lowest BCUT2D eigenvalue weighted by Crippen LogP contribution is -2.29. The average molecular weight is 505 g/mol. The number of benzene rings is 2. The summed E-state index contributed by atoms with van der Waals surface area (Å²) < 4.78 is 10.6. The number of esters is 1. The molecule has 4 rings (SSSR count). The molecule has 0 aliphatic carbocycles. The topological polar surface area (TPSA) is 106 Å².